The molecule has 3 N–H and O–H groups in total. The first-order chi connectivity index (χ1) is 12.9. The van der Waals surface area contributed by atoms with E-state index in [0.717, 1.165) is 5.56 Å². The third kappa shape index (κ3) is 5.20. The maximum atomic E-state index is 12.5. The van der Waals surface area contributed by atoms with Gasteiger partial charge in [-0.25, -0.2) is 0 Å². The number of rotatable bonds is 5. The fraction of sp³-hybridized carbons (Fsp3) is 0.526. The van der Waals surface area contributed by atoms with Crippen molar-refractivity contribution in [2.24, 2.45) is 5.92 Å². The van der Waals surface area contributed by atoms with Gasteiger partial charge in [-0.3, -0.25) is 14.4 Å². The van der Waals surface area contributed by atoms with Crippen LogP contribution in [0.5, 0.6) is 0 Å². The smallest absolute Gasteiger partial charge is 0.224 e. The molecular formula is C19H24ClN3O4. The fourth-order valence-electron chi connectivity index (χ4n) is 3.58. The molecule has 7 nitrogen and oxygen atoms in total. The van der Waals surface area contributed by atoms with Crippen molar-refractivity contribution >= 4 is 29.3 Å². The van der Waals surface area contributed by atoms with E-state index in [1.807, 2.05) is 6.07 Å². The average Bonchev–Trinajstić information content (AvgIpc) is 3.01. The van der Waals surface area contributed by atoms with Crippen LogP contribution in [0, 0.1) is 5.92 Å². The number of aliphatic hydroxyl groups is 1. The summed E-state index contributed by atoms with van der Waals surface area (Å²) in [4.78, 5) is 38.1. The van der Waals surface area contributed by atoms with Gasteiger partial charge in [0.25, 0.3) is 0 Å². The quantitative estimate of drug-likeness (QED) is 0.677. The van der Waals surface area contributed by atoms with Crippen LogP contribution >= 0.6 is 11.6 Å². The van der Waals surface area contributed by atoms with Crippen LogP contribution in [0.15, 0.2) is 24.3 Å². The molecule has 1 aromatic carbocycles. The van der Waals surface area contributed by atoms with Crippen molar-refractivity contribution in [1.29, 1.82) is 0 Å². The van der Waals surface area contributed by atoms with Gasteiger partial charge in [-0.2, -0.15) is 0 Å². The molecular weight excluding hydrogens is 370 g/mol. The van der Waals surface area contributed by atoms with Crippen LogP contribution in [0.2, 0.25) is 5.02 Å². The van der Waals surface area contributed by atoms with Gasteiger partial charge >= 0.3 is 0 Å². The van der Waals surface area contributed by atoms with Crippen molar-refractivity contribution in [1.82, 2.24) is 15.5 Å². The number of likely N-dealkylation sites (tertiary alicyclic amines) is 1. The van der Waals surface area contributed by atoms with Gasteiger partial charge in [0.05, 0.1) is 18.6 Å². The average molecular weight is 394 g/mol. The first kappa shape index (κ1) is 19.6. The highest BCUT2D eigenvalue weighted by molar-refractivity contribution is 6.30. The van der Waals surface area contributed by atoms with Crippen molar-refractivity contribution in [3.05, 3.63) is 34.9 Å². The predicted octanol–water partition coefficient (Wildman–Crippen LogP) is 0.487. The first-order valence-electron chi connectivity index (χ1n) is 9.19. The lowest BCUT2D eigenvalue weighted by atomic mass is 9.98. The molecule has 0 radical (unpaired) electrons. The molecule has 3 rings (SSSR count). The van der Waals surface area contributed by atoms with Gasteiger partial charge in [-0.05, 0) is 30.5 Å². The molecule has 3 amide bonds. The summed E-state index contributed by atoms with van der Waals surface area (Å²) in [5.74, 6) is -0.698. The van der Waals surface area contributed by atoms with E-state index in [0.29, 0.717) is 31.0 Å². The standard InChI is InChI=1S/C19H24ClN3O4/c20-14-3-1-2-12(8-14)9-17(25)22-15-11-23(7-5-16(15)24)18(26)10-13-4-6-21-19(13)27/h1-3,8,13,15-16,24H,4-7,9-11H2,(H,21,27)(H,22,25)/t13-,15+,16+/m0/s1. The van der Waals surface area contributed by atoms with E-state index in [1.165, 1.54) is 0 Å². The molecule has 2 heterocycles. The van der Waals surface area contributed by atoms with E-state index >= 15 is 0 Å². The van der Waals surface area contributed by atoms with Crippen LogP contribution in [0.25, 0.3) is 0 Å². The molecule has 8 heteroatoms. The van der Waals surface area contributed by atoms with Gasteiger partial charge in [0, 0.05) is 37.0 Å². The minimum atomic E-state index is -0.702. The summed E-state index contributed by atoms with van der Waals surface area (Å²) in [6.07, 6.45) is 0.684. The van der Waals surface area contributed by atoms with Gasteiger partial charge in [0.1, 0.15) is 0 Å². The first-order valence-corrected chi connectivity index (χ1v) is 9.57. The second-order valence-electron chi connectivity index (χ2n) is 7.16. The number of nitrogens with one attached hydrogen (secondary N) is 2. The van der Waals surface area contributed by atoms with Crippen molar-refractivity contribution in [3.8, 4) is 0 Å². The predicted molar refractivity (Wildman–Crippen MR) is 100 cm³/mol. The van der Waals surface area contributed by atoms with Crippen molar-refractivity contribution < 1.29 is 19.5 Å². The lowest BCUT2D eigenvalue weighted by molar-refractivity contribution is -0.138. The summed E-state index contributed by atoms with van der Waals surface area (Å²) < 4.78 is 0. The van der Waals surface area contributed by atoms with Gasteiger partial charge in [0.2, 0.25) is 17.7 Å². The van der Waals surface area contributed by atoms with Crippen molar-refractivity contribution in [2.45, 2.75) is 37.8 Å². The summed E-state index contributed by atoms with van der Waals surface area (Å²) in [5.41, 5.74) is 0.783. The van der Waals surface area contributed by atoms with Crippen LogP contribution in [0.4, 0.5) is 0 Å². The molecule has 0 spiro atoms. The molecule has 27 heavy (non-hydrogen) atoms. The Morgan fingerprint density at radius 1 is 1.33 bits per heavy atom. The van der Waals surface area contributed by atoms with Crippen LogP contribution in [0.3, 0.4) is 0 Å². The Labute approximate surface area is 163 Å². The highest BCUT2D eigenvalue weighted by atomic mass is 35.5. The normalized spacial score (nSPS) is 25.2. The monoisotopic (exact) mass is 393 g/mol. The van der Waals surface area contributed by atoms with Crippen LogP contribution in [0.1, 0.15) is 24.8 Å². The second-order valence-corrected chi connectivity index (χ2v) is 7.59. The second kappa shape index (κ2) is 8.71. The summed E-state index contributed by atoms with van der Waals surface area (Å²) in [5, 5.41) is 16.3. The topological polar surface area (TPSA) is 98.7 Å². The zero-order valence-corrected chi connectivity index (χ0v) is 15.7. The van der Waals surface area contributed by atoms with Gasteiger partial charge < -0.3 is 20.6 Å². The van der Waals surface area contributed by atoms with E-state index in [2.05, 4.69) is 10.6 Å². The third-order valence-corrected chi connectivity index (χ3v) is 5.35. The fourth-order valence-corrected chi connectivity index (χ4v) is 3.79. The molecule has 0 aliphatic carbocycles. The van der Waals surface area contributed by atoms with Crippen LogP contribution < -0.4 is 10.6 Å². The van der Waals surface area contributed by atoms with Crippen molar-refractivity contribution in [2.75, 3.05) is 19.6 Å². The lowest BCUT2D eigenvalue weighted by Gasteiger charge is -2.37. The Balaban J connectivity index is 1.54. The maximum absolute atomic E-state index is 12.5. The molecule has 146 valence electrons. The summed E-state index contributed by atoms with van der Waals surface area (Å²) in [7, 11) is 0. The molecule has 2 fully saturated rings. The number of hydrogen-bond acceptors (Lipinski definition) is 4. The van der Waals surface area contributed by atoms with Gasteiger partial charge in [-0.15, -0.1) is 0 Å². The molecule has 1 aromatic rings. The number of aliphatic hydroxyl groups excluding tert-OH is 1. The SMILES string of the molecule is O=C(Cc1cccc(Cl)c1)N[C@@H]1CN(C(=O)C[C@@H]2CCNC2=O)CC[C@H]1O. The van der Waals surface area contributed by atoms with E-state index in [4.69, 9.17) is 11.6 Å². The molecule has 2 aliphatic heterocycles. The van der Waals surface area contributed by atoms with Gasteiger partial charge in [-0.1, -0.05) is 23.7 Å². The minimum absolute atomic E-state index is 0.0771. The summed E-state index contributed by atoms with van der Waals surface area (Å²) in [6.45, 7) is 1.28. The number of carbonyl (C=O) groups is 3. The van der Waals surface area contributed by atoms with Crippen molar-refractivity contribution in [3.63, 3.8) is 0 Å². The molecule has 2 aliphatic rings. The third-order valence-electron chi connectivity index (χ3n) is 5.11. The molecule has 0 saturated carbocycles. The molecule has 0 bridgehead atoms. The number of benzene rings is 1. The van der Waals surface area contributed by atoms with Gasteiger partial charge in [0.15, 0.2) is 0 Å². The van der Waals surface area contributed by atoms with E-state index in [9.17, 15) is 19.5 Å². The van der Waals surface area contributed by atoms with E-state index in [-0.39, 0.29) is 43.0 Å². The Kier molecular flexibility index (Phi) is 6.34. The number of nitrogens with zero attached hydrogens (tertiary/aromatic N) is 1. The van der Waals surface area contributed by atoms with Crippen LogP contribution in [-0.4, -0.2) is 59.5 Å². The lowest BCUT2D eigenvalue weighted by Crippen LogP contribution is -2.56. The van der Waals surface area contributed by atoms with E-state index in [1.54, 1.807) is 23.1 Å². The molecule has 0 unspecified atom stereocenters. The number of hydrogen-bond donors (Lipinski definition) is 3. The summed E-state index contributed by atoms with van der Waals surface area (Å²) >= 11 is 5.93. The zero-order valence-electron chi connectivity index (χ0n) is 15.0. The molecule has 0 aromatic heterocycles. The Morgan fingerprint density at radius 2 is 2.15 bits per heavy atom. The Morgan fingerprint density at radius 3 is 2.85 bits per heavy atom. The number of carbonyl (C=O) groups excluding carboxylic acids is 3. The highest BCUT2D eigenvalue weighted by Crippen LogP contribution is 2.19. The number of halogens is 1. The highest BCUT2D eigenvalue weighted by Gasteiger charge is 2.34. The summed E-state index contributed by atoms with van der Waals surface area (Å²) in [6, 6.07) is 6.53. The van der Waals surface area contributed by atoms with Crippen LogP contribution in [-0.2, 0) is 20.8 Å². The molecule has 3 atom stereocenters. The Hall–Kier alpha value is -2.12. The Bertz CT molecular complexity index is 727. The number of piperidine rings is 1. The molecule has 2 saturated heterocycles. The zero-order chi connectivity index (χ0) is 19.4. The maximum Gasteiger partial charge on any atom is 0.224 e. The number of amides is 3. The van der Waals surface area contributed by atoms with E-state index < -0.39 is 12.1 Å². The minimum Gasteiger partial charge on any atom is -0.391 e. The largest absolute Gasteiger partial charge is 0.391 e.